The third kappa shape index (κ3) is 4.25. The van der Waals surface area contributed by atoms with E-state index in [2.05, 4.69) is 20.5 Å². The van der Waals surface area contributed by atoms with Gasteiger partial charge in [0.1, 0.15) is 6.54 Å². The van der Waals surface area contributed by atoms with Crippen molar-refractivity contribution < 1.29 is 19.1 Å². The Hall–Kier alpha value is -3.75. The summed E-state index contributed by atoms with van der Waals surface area (Å²) in [6.45, 7) is 1.62. The Morgan fingerprint density at radius 1 is 1.19 bits per heavy atom. The maximum Gasteiger partial charge on any atom is 0.325 e. The molecule has 0 unspecified atom stereocenters. The molecule has 4 rings (SSSR count). The summed E-state index contributed by atoms with van der Waals surface area (Å²) < 4.78 is 6.21. The lowest BCUT2D eigenvalue weighted by Crippen LogP contribution is -2.30. The van der Waals surface area contributed by atoms with Gasteiger partial charge in [0.05, 0.1) is 23.8 Å². The molecule has 1 aromatic carbocycles. The van der Waals surface area contributed by atoms with Gasteiger partial charge in [0, 0.05) is 29.9 Å². The maximum absolute atomic E-state index is 13.2. The molecular formula is C22H23N5O4. The molecule has 0 radical (unpaired) electrons. The fourth-order valence-corrected chi connectivity index (χ4v) is 3.49. The Bertz CT molecular complexity index is 1200. The summed E-state index contributed by atoms with van der Waals surface area (Å²) in [6, 6.07) is 8.36. The second-order valence-corrected chi connectivity index (χ2v) is 7.57. The quantitative estimate of drug-likeness (QED) is 0.590. The third-order valence-corrected chi connectivity index (χ3v) is 5.23. The molecule has 0 bridgehead atoms. The summed E-state index contributed by atoms with van der Waals surface area (Å²) in [5, 5.41) is 10.5. The predicted octanol–water partition coefficient (Wildman–Crippen LogP) is 2.31. The van der Waals surface area contributed by atoms with Crippen molar-refractivity contribution in [1.82, 2.24) is 20.1 Å². The Balaban J connectivity index is 1.60. The number of aryl methyl sites for hydroxylation is 2. The van der Waals surface area contributed by atoms with Gasteiger partial charge in [-0.05, 0) is 44.0 Å². The lowest BCUT2D eigenvalue weighted by atomic mass is 10.1. The summed E-state index contributed by atoms with van der Waals surface area (Å²) in [6.07, 6.45) is 2.14. The van der Waals surface area contributed by atoms with E-state index in [1.807, 2.05) is 20.0 Å². The molecule has 2 aromatic heterocycles. The number of pyridine rings is 1. The molecule has 1 fully saturated rings. The fourth-order valence-electron chi connectivity index (χ4n) is 3.49. The molecule has 2 heterocycles. The van der Waals surface area contributed by atoms with Gasteiger partial charge in [-0.25, -0.2) is 4.98 Å². The molecule has 1 saturated carbocycles. The van der Waals surface area contributed by atoms with Crippen molar-refractivity contribution in [3.05, 3.63) is 52.8 Å². The number of fused-ring (bicyclic) bond motifs is 1. The first-order valence-electron chi connectivity index (χ1n) is 9.98. The molecule has 31 heavy (non-hydrogen) atoms. The molecule has 0 aliphatic heterocycles. The van der Waals surface area contributed by atoms with E-state index in [1.165, 1.54) is 7.11 Å². The highest BCUT2D eigenvalue weighted by molar-refractivity contribution is 6.13. The number of hydrogen-bond donors (Lipinski definition) is 2. The van der Waals surface area contributed by atoms with Crippen molar-refractivity contribution in [1.29, 1.82) is 0 Å². The number of methoxy groups -OCH3 is 1. The summed E-state index contributed by atoms with van der Waals surface area (Å²) in [7, 11) is 3.07. The number of aromatic nitrogens is 3. The smallest absolute Gasteiger partial charge is 0.325 e. The summed E-state index contributed by atoms with van der Waals surface area (Å²) in [5.74, 6) is -0.893. The molecule has 9 nitrogen and oxygen atoms in total. The average molecular weight is 421 g/mol. The molecule has 9 heteroatoms. The predicted molar refractivity (Wildman–Crippen MR) is 114 cm³/mol. The van der Waals surface area contributed by atoms with Crippen LogP contribution in [0.2, 0.25) is 0 Å². The highest BCUT2D eigenvalue weighted by Gasteiger charge is 2.28. The van der Waals surface area contributed by atoms with Gasteiger partial charge >= 0.3 is 5.97 Å². The average Bonchev–Trinajstić information content (AvgIpc) is 3.57. The first-order chi connectivity index (χ1) is 14.9. The SMILES string of the molecule is COC(=O)CNC(=O)c1cccc(NC(=O)c2cc(C3CC3)nc3c2c(C)nn3C)c1. The van der Waals surface area contributed by atoms with Gasteiger partial charge in [-0.2, -0.15) is 5.10 Å². The van der Waals surface area contributed by atoms with E-state index in [0.29, 0.717) is 28.4 Å². The van der Waals surface area contributed by atoms with Gasteiger partial charge in [0.25, 0.3) is 11.8 Å². The summed E-state index contributed by atoms with van der Waals surface area (Å²) in [5.41, 5.74) is 3.61. The van der Waals surface area contributed by atoms with Crippen LogP contribution < -0.4 is 10.6 Å². The van der Waals surface area contributed by atoms with Crippen LogP contribution in [0, 0.1) is 6.92 Å². The molecular weight excluding hydrogens is 398 g/mol. The molecule has 2 amide bonds. The van der Waals surface area contributed by atoms with Crippen LogP contribution >= 0.6 is 0 Å². The van der Waals surface area contributed by atoms with Crippen LogP contribution in [0.5, 0.6) is 0 Å². The third-order valence-electron chi connectivity index (χ3n) is 5.23. The topological polar surface area (TPSA) is 115 Å². The van der Waals surface area contributed by atoms with E-state index in [0.717, 1.165) is 29.6 Å². The normalized spacial score (nSPS) is 13.1. The molecule has 0 saturated heterocycles. The van der Waals surface area contributed by atoms with Crippen LogP contribution in [0.3, 0.4) is 0 Å². The molecule has 1 aliphatic rings. The maximum atomic E-state index is 13.2. The number of hydrogen-bond acceptors (Lipinski definition) is 6. The van der Waals surface area contributed by atoms with Crippen LogP contribution in [0.1, 0.15) is 50.9 Å². The summed E-state index contributed by atoms with van der Waals surface area (Å²) >= 11 is 0. The van der Waals surface area contributed by atoms with Crippen molar-refractivity contribution in [2.24, 2.45) is 7.05 Å². The standard InChI is InChI=1S/C22H23N5O4/c1-12-19-16(10-17(13-7-8-13)25-20(19)27(2)26-12)22(30)24-15-6-4-5-14(9-15)21(29)23-11-18(28)31-3/h4-6,9-10,13H,7-8,11H2,1-3H3,(H,23,29)(H,24,30). The van der Waals surface area contributed by atoms with Crippen molar-refractivity contribution in [2.45, 2.75) is 25.7 Å². The van der Waals surface area contributed by atoms with Crippen LogP contribution in [-0.2, 0) is 16.6 Å². The minimum absolute atomic E-state index is 0.231. The van der Waals surface area contributed by atoms with E-state index >= 15 is 0 Å². The number of benzene rings is 1. The van der Waals surface area contributed by atoms with Gasteiger partial charge in [0.15, 0.2) is 5.65 Å². The highest BCUT2D eigenvalue weighted by Crippen LogP contribution is 2.40. The van der Waals surface area contributed by atoms with Crippen LogP contribution in [0.4, 0.5) is 5.69 Å². The molecule has 0 spiro atoms. The van der Waals surface area contributed by atoms with E-state index in [1.54, 1.807) is 28.9 Å². The molecule has 2 N–H and O–H groups in total. The Morgan fingerprint density at radius 2 is 1.97 bits per heavy atom. The largest absolute Gasteiger partial charge is 0.468 e. The first-order valence-corrected chi connectivity index (χ1v) is 9.98. The first kappa shape index (κ1) is 20.5. The number of amides is 2. The van der Waals surface area contributed by atoms with Gasteiger partial charge in [0.2, 0.25) is 0 Å². The molecule has 0 atom stereocenters. The van der Waals surface area contributed by atoms with Crippen LogP contribution in [0.25, 0.3) is 11.0 Å². The molecule has 1 aliphatic carbocycles. The highest BCUT2D eigenvalue weighted by atomic mass is 16.5. The zero-order valence-corrected chi connectivity index (χ0v) is 17.6. The number of nitrogens with zero attached hydrogens (tertiary/aromatic N) is 3. The molecule has 3 aromatic rings. The summed E-state index contributed by atoms with van der Waals surface area (Å²) in [4.78, 5) is 41.4. The Labute approximate surface area is 178 Å². The van der Waals surface area contributed by atoms with E-state index in [-0.39, 0.29) is 12.5 Å². The number of carbonyl (C=O) groups excluding carboxylic acids is 3. The molecule has 160 valence electrons. The monoisotopic (exact) mass is 421 g/mol. The Morgan fingerprint density at radius 3 is 2.68 bits per heavy atom. The van der Waals surface area contributed by atoms with Crippen molar-refractivity contribution in [3.63, 3.8) is 0 Å². The zero-order chi connectivity index (χ0) is 22.1. The lowest BCUT2D eigenvalue weighted by Gasteiger charge is -2.10. The second-order valence-electron chi connectivity index (χ2n) is 7.57. The number of nitrogens with one attached hydrogen (secondary N) is 2. The van der Waals surface area contributed by atoms with Gasteiger partial charge in [-0.3, -0.25) is 19.1 Å². The minimum Gasteiger partial charge on any atom is -0.468 e. The van der Waals surface area contributed by atoms with Crippen LogP contribution in [-0.4, -0.2) is 46.2 Å². The minimum atomic E-state index is -0.544. The number of carbonyl (C=O) groups is 3. The number of anilines is 1. The van der Waals surface area contributed by atoms with E-state index in [9.17, 15) is 14.4 Å². The lowest BCUT2D eigenvalue weighted by molar-refractivity contribution is -0.139. The Kier molecular flexibility index (Phi) is 5.41. The number of esters is 1. The van der Waals surface area contributed by atoms with E-state index < -0.39 is 11.9 Å². The fraction of sp³-hybridized carbons (Fsp3) is 0.318. The van der Waals surface area contributed by atoms with Gasteiger partial charge in [-0.15, -0.1) is 0 Å². The zero-order valence-electron chi connectivity index (χ0n) is 17.6. The van der Waals surface area contributed by atoms with Gasteiger partial charge in [-0.1, -0.05) is 6.07 Å². The number of ether oxygens (including phenoxy) is 1. The second kappa shape index (κ2) is 8.17. The van der Waals surface area contributed by atoms with Gasteiger partial charge < -0.3 is 15.4 Å². The van der Waals surface area contributed by atoms with Crippen molar-refractivity contribution in [2.75, 3.05) is 19.0 Å². The van der Waals surface area contributed by atoms with Crippen molar-refractivity contribution >= 4 is 34.5 Å². The van der Waals surface area contributed by atoms with Crippen molar-refractivity contribution in [3.8, 4) is 0 Å². The van der Waals surface area contributed by atoms with Crippen LogP contribution in [0.15, 0.2) is 30.3 Å². The number of rotatable bonds is 6. The van der Waals surface area contributed by atoms with E-state index in [4.69, 9.17) is 4.98 Å².